The van der Waals surface area contributed by atoms with Crippen molar-refractivity contribution in [3.8, 4) is 39.4 Å². The van der Waals surface area contributed by atoms with Gasteiger partial charge in [-0.2, -0.15) is 0 Å². The van der Waals surface area contributed by atoms with Crippen LogP contribution in [-0.4, -0.2) is 63.4 Å². The maximum atomic E-state index is 13.3. The fourth-order valence-electron chi connectivity index (χ4n) is 6.60. The third-order valence-corrected chi connectivity index (χ3v) is 10.2. The van der Waals surface area contributed by atoms with Gasteiger partial charge in [0.15, 0.2) is 0 Å². The molecule has 0 bridgehead atoms. The highest BCUT2D eigenvalue weighted by atomic mass is 35.5. The van der Waals surface area contributed by atoms with E-state index in [-0.39, 0.29) is 29.5 Å². The average Bonchev–Trinajstić information content (AvgIpc) is 3.52. The van der Waals surface area contributed by atoms with E-state index < -0.39 is 0 Å². The van der Waals surface area contributed by atoms with Gasteiger partial charge < -0.3 is 21.1 Å². The second-order valence-corrected chi connectivity index (χ2v) is 13.3. The van der Waals surface area contributed by atoms with Gasteiger partial charge in [-0.1, -0.05) is 65.7 Å². The molecule has 2 aliphatic heterocycles. The minimum absolute atomic E-state index is 0.0896. The minimum Gasteiger partial charge on any atom is -0.481 e. The number of ether oxygens (including phenoxy) is 1. The monoisotopic (exact) mass is 711 g/mol. The molecule has 256 valence electrons. The number of nitrogens with two attached hydrogens (primary N) is 1. The molecule has 2 aliphatic rings. The van der Waals surface area contributed by atoms with Gasteiger partial charge in [-0.15, -0.1) is 0 Å². The van der Waals surface area contributed by atoms with Crippen molar-refractivity contribution in [1.29, 1.82) is 0 Å². The Morgan fingerprint density at radius 1 is 1.00 bits per heavy atom. The highest BCUT2D eigenvalue weighted by molar-refractivity contribution is 6.39. The largest absolute Gasteiger partial charge is 0.481 e. The molecule has 50 heavy (non-hydrogen) atoms. The molecule has 4 N–H and O–H groups in total. The van der Waals surface area contributed by atoms with E-state index in [9.17, 15) is 14.4 Å². The Labute approximate surface area is 298 Å². The average molecular weight is 713 g/mol. The molecular formula is C37H35Cl2N7O4. The molecule has 0 radical (unpaired) electrons. The Bertz CT molecular complexity index is 2190. The number of likely N-dealkylation sites (tertiary alicyclic amines) is 1. The first kappa shape index (κ1) is 33.7. The number of pyridine rings is 2. The third-order valence-electron chi connectivity index (χ3n) is 9.41. The molecule has 5 heterocycles. The summed E-state index contributed by atoms with van der Waals surface area (Å²) in [6.45, 7) is 2.21. The summed E-state index contributed by atoms with van der Waals surface area (Å²) < 4.78 is 7.13. The number of carbonyl (C=O) groups is 2. The highest BCUT2D eigenvalue weighted by Gasteiger charge is 2.33. The first-order valence-corrected chi connectivity index (χ1v) is 17.1. The molecule has 0 aliphatic carbocycles. The summed E-state index contributed by atoms with van der Waals surface area (Å²) in [5.41, 5.74) is 11.5. The number of carbonyl (C=O) groups excluding carboxylic acids is 2. The number of benzene rings is 2. The van der Waals surface area contributed by atoms with Crippen LogP contribution in [0.4, 0.5) is 0 Å². The maximum absolute atomic E-state index is 13.3. The van der Waals surface area contributed by atoms with E-state index in [4.69, 9.17) is 38.7 Å². The molecule has 11 nitrogen and oxygen atoms in total. The van der Waals surface area contributed by atoms with Crippen molar-refractivity contribution in [2.24, 2.45) is 5.73 Å². The number of primary amides is 1. The number of fused-ring (bicyclic) bond motifs is 1. The standard InChI is InChI=1S/C37H35Cl2N7O4/c1-50-36-22(17-41-19-24-9-11-32(47)43-24)8-10-29(44-36)28-7-3-6-27(34(28)39)26-5-2-4-25(33(26)38)21-12-15-46-31(16-21)42-18-23(37(46)49)20-45-14-13-30(45)35(40)48/h2-8,10,12,15-16,18,24,30,41H,9,11,13-14,17,19-20H2,1H3,(H2,40,48)(H,43,47)/t24-,30+/m0/s1. The predicted octanol–water partition coefficient (Wildman–Crippen LogP) is 4.83. The Morgan fingerprint density at radius 3 is 2.42 bits per heavy atom. The molecule has 0 saturated carbocycles. The second-order valence-electron chi connectivity index (χ2n) is 12.5. The number of amides is 2. The van der Waals surface area contributed by atoms with E-state index >= 15 is 0 Å². The molecular weight excluding hydrogens is 677 g/mol. The van der Waals surface area contributed by atoms with Crippen LogP contribution in [0.1, 0.15) is 30.4 Å². The summed E-state index contributed by atoms with van der Waals surface area (Å²) in [7, 11) is 1.59. The van der Waals surface area contributed by atoms with E-state index in [0.29, 0.717) is 71.9 Å². The van der Waals surface area contributed by atoms with E-state index in [0.717, 1.165) is 39.8 Å². The van der Waals surface area contributed by atoms with Crippen molar-refractivity contribution in [2.45, 2.75) is 44.4 Å². The quantitative estimate of drug-likeness (QED) is 0.177. The van der Waals surface area contributed by atoms with Gasteiger partial charge >= 0.3 is 0 Å². The van der Waals surface area contributed by atoms with Crippen LogP contribution in [0.3, 0.4) is 0 Å². The lowest BCUT2D eigenvalue weighted by atomic mass is 9.97. The van der Waals surface area contributed by atoms with Crippen LogP contribution in [0.25, 0.3) is 39.2 Å². The number of nitrogens with zero attached hydrogens (tertiary/aromatic N) is 4. The lowest BCUT2D eigenvalue weighted by Gasteiger charge is -2.38. The van der Waals surface area contributed by atoms with Gasteiger partial charge in [0.25, 0.3) is 5.56 Å². The zero-order valence-electron chi connectivity index (χ0n) is 27.3. The Morgan fingerprint density at radius 2 is 1.74 bits per heavy atom. The fourth-order valence-corrected chi connectivity index (χ4v) is 7.26. The van der Waals surface area contributed by atoms with Crippen molar-refractivity contribution in [3.63, 3.8) is 0 Å². The summed E-state index contributed by atoms with van der Waals surface area (Å²) >= 11 is 14.2. The summed E-state index contributed by atoms with van der Waals surface area (Å²) in [6.07, 6.45) is 5.33. The van der Waals surface area contributed by atoms with Crippen molar-refractivity contribution in [1.82, 2.24) is 29.9 Å². The molecule has 2 saturated heterocycles. The molecule has 7 rings (SSSR count). The highest BCUT2D eigenvalue weighted by Crippen LogP contribution is 2.42. The second kappa shape index (κ2) is 14.2. The minimum atomic E-state index is -0.384. The Kier molecular flexibility index (Phi) is 9.56. The van der Waals surface area contributed by atoms with Crippen LogP contribution in [-0.2, 0) is 22.7 Å². The van der Waals surface area contributed by atoms with Gasteiger partial charge in [0.2, 0.25) is 17.7 Å². The molecule has 2 fully saturated rings. The van der Waals surface area contributed by atoms with Gasteiger partial charge in [-0.05, 0) is 36.6 Å². The third kappa shape index (κ3) is 6.57. The zero-order chi connectivity index (χ0) is 34.9. The molecule has 0 unspecified atom stereocenters. The van der Waals surface area contributed by atoms with Gasteiger partial charge in [0.1, 0.15) is 5.65 Å². The molecule has 2 aromatic carbocycles. The maximum Gasteiger partial charge on any atom is 0.262 e. The van der Waals surface area contributed by atoms with Crippen LogP contribution >= 0.6 is 23.2 Å². The van der Waals surface area contributed by atoms with Crippen LogP contribution in [0.15, 0.2) is 77.9 Å². The fraction of sp³-hybridized carbons (Fsp3) is 0.270. The van der Waals surface area contributed by atoms with E-state index in [1.807, 2.05) is 65.6 Å². The Hall–Kier alpha value is -4.81. The van der Waals surface area contributed by atoms with Crippen molar-refractivity contribution < 1.29 is 14.3 Å². The Balaban J connectivity index is 1.14. The van der Waals surface area contributed by atoms with Crippen molar-refractivity contribution >= 4 is 40.7 Å². The van der Waals surface area contributed by atoms with Gasteiger partial charge in [-0.3, -0.25) is 23.7 Å². The predicted molar refractivity (Wildman–Crippen MR) is 193 cm³/mol. The molecule has 2 amide bonds. The number of nitrogens with one attached hydrogen (secondary N) is 2. The summed E-state index contributed by atoms with van der Waals surface area (Å²) in [6, 6.07) is 18.8. The van der Waals surface area contributed by atoms with Crippen molar-refractivity contribution in [2.75, 3.05) is 20.2 Å². The lowest BCUT2D eigenvalue weighted by Crippen LogP contribution is -2.54. The normalized spacial score (nSPS) is 17.5. The van der Waals surface area contributed by atoms with Crippen LogP contribution in [0, 0.1) is 0 Å². The zero-order valence-corrected chi connectivity index (χ0v) is 28.8. The summed E-state index contributed by atoms with van der Waals surface area (Å²) in [5.74, 6) is 0.190. The number of halogens is 2. The van der Waals surface area contributed by atoms with E-state index in [2.05, 4.69) is 15.6 Å². The SMILES string of the molecule is COc1nc(-c2cccc(-c3cccc(-c4ccn5c(=O)c(CN6CC[C@@H]6C(N)=O)cnc5c4)c3Cl)c2Cl)ccc1CNC[C@@H]1CCC(=O)N1. The lowest BCUT2D eigenvalue weighted by molar-refractivity contribution is -0.127. The number of hydrogen-bond donors (Lipinski definition) is 3. The van der Waals surface area contributed by atoms with Crippen molar-refractivity contribution in [3.05, 3.63) is 105 Å². The summed E-state index contributed by atoms with van der Waals surface area (Å²) in [5, 5.41) is 7.33. The number of methoxy groups -OCH3 is 1. The topological polar surface area (TPSA) is 144 Å². The van der Waals surface area contributed by atoms with Crippen LogP contribution in [0.2, 0.25) is 10.0 Å². The van der Waals surface area contributed by atoms with Gasteiger partial charge in [-0.25, -0.2) is 9.97 Å². The van der Waals surface area contributed by atoms with Crippen LogP contribution < -0.4 is 26.7 Å². The number of aromatic nitrogens is 3. The van der Waals surface area contributed by atoms with Gasteiger partial charge in [0.05, 0.1) is 34.5 Å². The molecule has 0 spiro atoms. The van der Waals surface area contributed by atoms with E-state index in [1.54, 1.807) is 19.5 Å². The number of rotatable bonds is 11. The first-order chi connectivity index (χ1) is 24.2. The smallest absolute Gasteiger partial charge is 0.262 e. The van der Waals surface area contributed by atoms with Crippen LogP contribution in [0.5, 0.6) is 5.88 Å². The molecule has 2 atom stereocenters. The van der Waals surface area contributed by atoms with E-state index in [1.165, 1.54) is 4.40 Å². The first-order valence-electron chi connectivity index (χ1n) is 16.4. The molecule has 13 heteroatoms. The van der Waals surface area contributed by atoms with Gasteiger partial charge in [0, 0.05) is 78.9 Å². The molecule has 5 aromatic rings. The molecule has 3 aromatic heterocycles. The number of hydrogen-bond acceptors (Lipinski definition) is 8. The summed E-state index contributed by atoms with van der Waals surface area (Å²) in [4.78, 5) is 47.7.